The Morgan fingerprint density at radius 3 is 2.50 bits per heavy atom. The number of rotatable bonds is 2. The van der Waals surface area contributed by atoms with E-state index in [2.05, 4.69) is 0 Å². The van der Waals surface area contributed by atoms with Crippen molar-refractivity contribution in [2.24, 2.45) is 0 Å². The van der Waals surface area contributed by atoms with Gasteiger partial charge in [0.05, 0.1) is 11.3 Å². The quantitative estimate of drug-likeness (QED) is 0.439. The summed E-state index contributed by atoms with van der Waals surface area (Å²) in [4.78, 5) is 9.71. The summed E-state index contributed by atoms with van der Waals surface area (Å²) in [7, 11) is 1.18. The highest BCUT2D eigenvalue weighted by Crippen LogP contribution is 2.40. The molecule has 0 aromatic carbocycles. The molecule has 0 radical (unpaired) electrons. The predicted octanol–water partition coefficient (Wildman–Crippen LogP) is 2.22. The molecule has 0 amide bonds. The first-order valence-electron chi connectivity index (χ1n) is 3.18. The summed E-state index contributed by atoms with van der Waals surface area (Å²) in [5.74, 6) is 0. The summed E-state index contributed by atoms with van der Waals surface area (Å²) >= 11 is 6.09. The van der Waals surface area contributed by atoms with Gasteiger partial charge in [-0.15, -0.1) is 0 Å². The number of nitrogens with zero attached hydrogens (tertiary/aromatic N) is 1. The van der Waals surface area contributed by atoms with Crippen LogP contribution in [-0.4, -0.2) is 13.3 Å². The average molecular weight is 276 g/mol. The lowest BCUT2D eigenvalue weighted by Gasteiger charge is -2.07. The maximum absolute atomic E-state index is 10.8. The molecule has 1 aliphatic rings. The van der Waals surface area contributed by atoms with Crippen molar-refractivity contribution in [2.75, 3.05) is 0 Å². The Bertz CT molecular complexity index is 439. The van der Waals surface area contributed by atoms with Gasteiger partial charge in [0.25, 0.3) is 14.7 Å². The van der Waals surface area contributed by atoms with E-state index in [9.17, 15) is 18.5 Å². The molecule has 1 aliphatic heterocycles. The highest BCUT2D eigenvalue weighted by molar-refractivity contribution is 8.30. The van der Waals surface area contributed by atoms with Crippen LogP contribution in [0.5, 0.6) is 0 Å². The van der Waals surface area contributed by atoms with Crippen LogP contribution in [0.2, 0.25) is 0 Å². The molecule has 0 aromatic heterocycles. The van der Waals surface area contributed by atoms with Crippen molar-refractivity contribution in [3.05, 3.63) is 30.5 Å². The summed E-state index contributed by atoms with van der Waals surface area (Å²) in [6.45, 7) is 0. The molecule has 5 nitrogen and oxygen atoms in total. The van der Waals surface area contributed by atoms with Gasteiger partial charge in [0.2, 0.25) is 0 Å². The molecule has 14 heavy (non-hydrogen) atoms. The third-order valence-corrected chi connectivity index (χ3v) is 4.90. The third kappa shape index (κ3) is 2.63. The van der Waals surface area contributed by atoms with Crippen molar-refractivity contribution in [1.82, 2.24) is 0 Å². The molecular weight excluding hydrogens is 273 g/mol. The molecule has 9 heteroatoms. The fourth-order valence-corrected chi connectivity index (χ4v) is 3.30. The molecular formula is C5H3Cl2NO4S2. The Kier molecular flexibility index (Phi) is 3.46. The zero-order chi connectivity index (χ0) is 10.9. The fourth-order valence-electron chi connectivity index (χ4n) is 0.745. The van der Waals surface area contributed by atoms with E-state index in [0.29, 0.717) is 11.8 Å². The van der Waals surface area contributed by atoms with Crippen molar-refractivity contribution in [3.63, 3.8) is 0 Å². The molecule has 0 saturated heterocycles. The molecule has 0 fully saturated rings. The summed E-state index contributed by atoms with van der Waals surface area (Å²) in [5, 5.41) is 10.4. The van der Waals surface area contributed by atoms with Crippen molar-refractivity contribution in [3.8, 4) is 0 Å². The van der Waals surface area contributed by atoms with Crippen LogP contribution in [0, 0.1) is 10.1 Å². The first-order valence-corrected chi connectivity index (χ1v) is 6.68. The van der Waals surface area contributed by atoms with E-state index in [0.717, 1.165) is 6.08 Å². The first kappa shape index (κ1) is 11.8. The second-order valence-electron chi connectivity index (χ2n) is 2.24. The molecule has 1 rings (SSSR count). The smallest absolute Gasteiger partial charge is 0.259 e. The van der Waals surface area contributed by atoms with Crippen molar-refractivity contribution in [1.29, 1.82) is 0 Å². The SMILES string of the molecule is O=[N+]([O-])C1=C(Cl)SC(S(=O)(=O)Cl)=CC1. The van der Waals surface area contributed by atoms with Crippen LogP contribution < -0.4 is 0 Å². The van der Waals surface area contributed by atoms with Crippen LogP contribution in [0.25, 0.3) is 0 Å². The van der Waals surface area contributed by atoms with Crippen molar-refractivity contribution >= 4 is 43.1 Å². The lowest BCUT2D eigenvalue weighted by Crippen LogP contribution is -2.04. The normalized spacial score (nSPS) is 18.0. The zero-order valence-corrected chi connectivity index (χ0v) is 9.58. The van der Waals surface area contributed by atoms with Crippen LogP contribution in [0.3, 0.4) is 0 Å². The maximum atomic E-state index is 10.8. The third-order valence-electron chi connectivity index (χ3n) is 1.34. The summed E-state index contributed by atoms with van der Waals surface area (Å²) in [5.41, 5.74) is -0.222. The highest BCUT2D eigenvalue weighted by atomic mass is 35.7. The van der Waals surface area contributed by atoms with Gasteiger partial charge in [-0.25, -0.2) is 8.42 Å². The Labute approximate surface area is 93.3 Å². The topological polar surface area (TPSA) is 77.3 Å². The first-order chi connectivity index (χ1) is 6.32. The Morgan fingerprint density at radius 1 is 1.57 bits per heavy atom. The van der Waals surface area contributed by atoms with Gasteiger partial charge < -0.3 is 0 Å². The number of nitro groups is 1. The van der Waals surface area contributed by atoms with Gasteiger partial charge >= 0.3 is 0 Å². The van der Waals surface area contributed by atoms with Crippen LogP contribution in [0.1, 0.15) is 6.42 Å². The van der Waals surface area contributed by atoms with Gasteiger partial charge in [-0.2, -0.15) is 0 Å². The van der Waals surface area contributed by atoms with Gasteiger partial charge in [-0.3, -0.25) is 10.1 Å². The largest absolute Gasteiger partial charge is 0.275 e. The second-order valence-corrected chi connectivity index (χ2v) is 6.69. The van der Waals surface area contributed by atoms with E-state index in [4.69, 9.17) is 22.3 Å². The Hall–Kier alpha value is -0.240. The van der Waals surface area contributed by atoms with Crippen LogP contribution >= 0.6 is 34.0 Å². The summed E-state index contributed by atoms with van der Waals surface area (Å²) in [6.07, 6.45) is 1.02. The van der Waals surface area contributed by atoms with Crippen molar-refractivity contribution < 1.29 is 13.3 Å². The van der Waals surface area contributed by atoms with Gasteiger partial charge in [0, 0.05) is 10.7 Å². The molecule has 1 heterocycles. The minimum Gasteiger partial charge on any atom is -0.259 e. The van der Waals surface area contributed by atoms with Gasteiger partial charge in [-0.1, -0.05) is 23.4 Å². The van der Waals surface area contributed by atoms with Crippen molar-refractivity contribution in [2.45, 2.75) is 6.42 Å². The molecule has 78 valence electrons. The second kappa shape index (κ2) is 4.09. The van der Waals surface area contributed by atoms with Crippen LogP contribution in [0.4, 0.5) is 0 Å². The van der Waals surface area contributed by atoms with E-state index < -0.39 is 14.0 Å². The van der Waals surface area contributed by atoms with Gasteiger partial charge in [0.1, 0.15) is 4.24 Å². The summed E-state index contributed by atoms with van der Waals surface area (Å²) in [6, 6.07) is 0. The number of hydrogen-bond donors (Lipinski definition) is 0. The monoisotopic (exact) mass is 275 g/mol. The van der Waals surface area contributed by atoms with Crippen LogP contribution in [0.15, 0.2) is 20.4 Å². The lowest BCUT2D eigenvalue weighted by atomic mass is 10.3. The molecule has 0 N–H and O–H groups in total. The molecule has 0 saturated carbocycles. The molecule has 0 spiro atoms. The van der Waals surface area contributed by atoms with E-state index >= 15 is 0 Å². The minimum atomic E-state index is -3.85. The Balaban J connectivity index is 2.97. The minimum absolute atomic E-state index is 0.139. The zero-order valence-electron chi connectivity index (χ0n) is 6.44. The van der Waals surface area contributed by atoms with Gasteiger partial charge in [-0.05, 0) is 6.08 Å². The molecule has 0 unspecified atom stereocenters. The van der Waals surface area contributed by atoms with Crippen LogP contribution in [-0.2, 0) is 9.05 Å². The lowest BCUT2D eigenvalue weighted by molar-refractivity contribution is -0.426. The fraction of sp³-hybridized carbons (Fsp3) is 0.200. The van der Waals surface area contributed by atoms with E-state index in [1.165, 1.54) is 0 Å². The molecule has 0 aromatic rings. The Morgan fingerprint density at radius 2 is 2.14 bits per heavy atom. The highest BCUT2D eigenvalue weighted by Gasteiger charge is 2.27. The van der Waals surface area contributed by atoms with E-state index in [1.54, 1.807) is 0 Å². The number of allylic oxidation sites excluding steroid dienone is 1. The number of hydrogen-bond acceptors (Lipinski definition) is 5. The van der Waals surface area contributed by atoms with E-state index in [1.807, 2.05) is 0 Å². The number of halogens is 2. The molecule has 0 bridgehead atoms. The average Bonchev–Trinajstić information content (AvgIpc) is 2.01. The molecule has 0 aliphatic carbocycles. The van der Waals surface area contributed by atoms with Gasteiger partial charge in [0.15, 0.2) is 4.36 Å². The molecule has 0 atom stereocenters. The van der Waals surface area contributed by atoms with E-state index in [-0.39, 0.29) is 20.7 Å². The maximum Gasteiger partial charge on any atom is 0.275 e. The summed E-state index contributed by atoms with van der Waals surface area (Å²) < 4.78 is 21.3. The number of thioether (sulfide) groups is 1. The predicted molar refractivity (Wildman–Crippen MR) is 54.9 cm³/mol. The standard InChI is InChI=1S/C5H3Cl2NO4S2/c6-5-3(8(9)10)1-2-4(13-5)14(7,11)12/h2H,1H2.